The van der Waals surface area contributed by atoms with Crippen LogP contribution < -0.4 is 0 Å². The summed E-state index contributed by atoms with van der Waals surface area (Å²) in [6.07, 6.45) is 2.28. The number of aryl methyl sites for hydroxylation is 1. The van der Waals surface area contributed by atoms with Gasteiger partial charge in [0.25, 0.3) is 5.95 Å². The van der Waals surface area contributed by atoms with Crippen molar-refractivity contribution in [2.45, 2.75) is 57.5 Å². The van der Waals surface area contributed by atoms with Crippen LogP contribution in [0.15, 0.2) is 28.8 Å². The number of para-hydroxylation sites is 1. The highest BCUT2D eigenvalue weighted by Crippen LogP contribution is 2.32. The molecule has 0 radical (unpaired) electrons. The van der Waals surface area contributed by atoms with Crippen molar-refractivity contribution < 1.29 is 27.6 Å². The minimum atomic E-state index is -5.08. The van der Waals surface area contributed by atoms with E-state index in [2.05, 4.69) is 29.1 Å². The van der Waals surface area contributed by atoms with Crippen LogP contribution in [0.3, 0.4) is 0 Å². The Balaban J connectivity index is 0.000000344. The fourth-order valence-electron chi connectivity index (χ4n) is 4.43. The van der Waals surface area contributed by atoms with Gasteiger partial charge in [0.1, 0.15) is 0 Å². The van der Waals surface area contributed by atoms with Crippen LogP contribution in [-0.4, -0.2) is 61.7 Å². The molecule has 34 heavy (non-hydrogen) atoms. The minimum Gasteiger partial charge on any atom is -0.475 e. The standard InChI is InChI=1S/C21H27N5O.C2HF3O2/c1-2-18-17-8-3-4-9-19(17)26(23-18)21-22-20(27-24-21)16-10-12-25(13-11-16)14-15-6-5-7-15;3-2(4,5)1(6)7/h3-4,8-9,15-16H,2,5-7,10-14H2,1H3;(H,6,7). The molecule has 1 saturated carbocycles. The topological polar surface area (TPSA) is 97.3 Å². The monoisotopic (exact) mass is 479 g/mol. The Bertz CT molecular complexity index is 1110. The second-order valence-electron chi connectivity index (χ2n) is 8.84. The molecule has 3 aromatic rings. The van der Waals surface area contributed by atoms with Crippen molar-refractivity contribution in [3.05, 3.63) is 35.9 Å². The molecule has 0 atom stereocenters. The molecule has 1 aromatic carbocycles. The maximum atomic E-state index is 10.6. The van der Waals surface area contributed by atoms with E-state index in [0.29, 0.717) is 11.9 Å². The lowest BCUT2D eigenvalue weighted by atomic mass is 9.84. The number of piperidine rings is 1. The van der Waals surface area contributed by atoms with Crippen molar-refractivity contribution in [1.82, 2.24) is 24.8 Å². The highest BCUT2D eigenvalue weighted by atomic mass is 19.4. The first kappa shape index (κ1) is 24.2. The Kier molecular flexibility index (Phi) is 7.20. The summed E-state index contributed by atoms with van der Waals surface area (Å²) in [4.78, 5) is 16.2. The third-order valence-corrected chi connectivity index (χ3v) is 6.54. The second-order valence-corrected chi connectivity index (χ2v) is 8.84. The molecule has 5 rings (SSSR count). The smallest absolute Gasteiger partial charge is 0.475 e. The predicted molar refractivity (Wildman–Crippen MR) is 118 cm³/mol. The molecular formula is C23H28F3N5O3. The van der Waals surface area contributed by atoms with Crippen LogP contribution in [-0.2, 0) is 11.2 Å². The molecule has 1 saturated heterocycles. The Morgan fingerprint density at radius 2 is 1.85 bits per heavy atom. The van der Waals surface area contributed by atoms with Crippen molar-refractivity contribution >= 4 is 16.9 Å². The lowest BCUT2D eigenvalue weighted by Crippen LogP contribution is -2.38. The SMILES string of the molecule is CCc1nn(-c2noc(C3CCN(CC4CCC4)CC3)n2)c2ccccc12.O=C(O)C(F)(F)F. The van der Waals surface area contributed by atoms with Gasteiger partial charge in [-0.2, -0.15) is 27.9 Å². The molecule has 0 spiro atoms. The molecule has 184 valence electrons. The van der Waals surface area contributed by atoms with Crippen LogP contribution in [0.4, 0.5) is 13.2 Å². The van der Waals surface area contributed by atoms with E-state index in [1.807, 2.05) is 16.8 Å². The molecule has 2 fully saturated rings. The van der Waals surface area contributed by atoms with E-state index >= 15 is 0 Å². The van der Waals surface area contributed by atoms with Crippen molar-refractivity contribution in [3.8, 4) is 5.95 Å². The number of likely N-dealkylation sites (tertiary alicyclic amines) is 1. The largest absolute Gasteiger partial charge is 0.490 e. The molecule has 0 amide bonds. The molecular weight excluding hydrogens is 451 g/mol. The van der Waals surface area contributed by atoms with Crippen LogP contribution >= 0.6 is 0 Å². The third-order valence-electron chi connectivity index (χ3n) is 6.54. The van der Waals surface area contributed by atoms with Gasteiger partial charge in [-0.15, -0.1) is 0 Å². The zero-order valence-corrected chi connectivity index (χ0v) is 19.0. The van der Waals surface area contributed by atoms with Gasteiger partial charge in [-0.3, -0.25) is 0 Å². The van der Waals surface area contributed by atoms with Crippen molar-refractivity contribution in [3.63, 3.8) is 0 Å². The van der Waals surface area contributed by atoms with Crippen LogP contribution in [0.2, 0.25) is 0 Å². The summed E-state index contributed by atoms with van der Waals surface area (Å²) in [5.41, 5.74) is 2.11. The van der Waals surface area contributed by atoms with Gasteiger partial charge in [0.2, 0.25) is 5.89 Å². The average Bonchev–Trinajstić information content (AvgIpc) is 3.41. The number of alkyl halides is 3. The van der Waals surface area contributed by atoms with Crippen molar-refractivity contribution in [2.24, 2.45) is 5.92 Å². The summed E-state index contributed by atoms with van der Waals surface area (Å²) in [5, 5.41) is 17.3. The molecule has 1 aliphatic carbocycles. The number of aromatic nitrogens is 4. The average molecular weight is 480 g/mol. The number of nitrogens with zero attached hydrogens (tertiary/aromatic N) is 5. The number of carbonyl (C=O) groups is 1. The summed E-state index contributed by atoms with van der Waals surface area (Å²) in [5.74, 6) is -0.120. The highest BCUT2D eigenvalue weighted by Gasteiger charge is 2.38. The lowest BCUT2D eigenvalue weighted by molar-refractivity contribution is -0.192. The third kappa shape index (κ3) is 5.40. The fourth-order valence-corrected chi connectivity index (χ4v) is 4.43. The van der Waals surface area contributed by atoms with E-state index in [1.165, 1.54) is 25.8 Å². The normalized spacial score (nSPS) is 17.9. The first-order valence-corrected chi connectivity index (χ1v) is 11.6. The summed E-state index contributed by atoms with van der Waals surface area (Å²) >= 11 is 0. The van der Waals surface area contributed by atoms with E-state index in [9.17, 15) is 13.2 Å². The Hall–Kier alpha value is -2.95. The molecule has 11 heteroatoms. The molecule has 2 aromatic heterocycles. The van der Waals surface area contributed by atoms with Crippen molar-refractivity contribution in [1.29, 1.82) is 0 Å². The van der Waals surface area contributed by atoms with Crippen LogP contribution in [0.25, 0.3) is 16.9 Å². The zero-order chi connectivity index (χ0) is 24.3. The van der Waals surface area contributed by atoms with E-state index < -0.39 is 12.1 Å². The number of hydrogen-bond acceptors (Lipinski definition) is 6. The lowest BCUT2D eigenvalue weighted by Gasteiger charge is -2.36. The number of hydrogen-bond donors (Lipinski definition) is 1. The van der Waals surface area contributed by atoms with E-state index in [0.717, 1.165) is 60.8 Å². The van der Waals surface area contributed by atoms with Crippen LogP contribution in [0.5, 0.6) is 0 Å². The highest BCUT2D eigenvalue weighted by molar-refractivity contribution is 5.83. The zero-order valence-electron chi connectivity index (χ0n) is 19.0. The van der Waals surface area contributed by atoms with Gasteiger partial charge in [-0.05, 0) is 62.3 Å². The summed E-state index contributed by atoms with van der Waals surface area (Å²) in [6, 6.07) is 8.25. The maximum absolute atomic E-state index is 10.6. The van der Waals surface area contributed by atoms with Gasteiger partial charge in [-0.1, -0.05) is 31.5 Å². The quantitative estimate of drug-likeness (QED) is 0.572. The molecule has 0 bridgehead atoms. The molecule has 8 nitrogen and oxygen atoms in total. The Morgan fingerprint density at radius 1 is 1.18 bits per heavy atom. The fraction of sp³-hybridized carbons (Fsp3) is 0.565. The number of halogens is 3. The minimum absolute atomic E-state index is 0.372. The van der Waals surface area contributed by atoms with Gasteiger partial charge < -0.3 is 14.5 Å². The van der Waals surface area contributed by atoms with Crippen molar-refractivity contribution in [2.75, 3.05) is 19.6 Å². The Morgan fingerprint density at radius 3 is 2.44 bits per heavy atom. The second kappa shape index (κ2) is 10.1. The molecule has 3 heterocycles. The number of aliphatic carboxylic acids is 1. The summed E-state index contributed by atoms with van der Waals surface area (Å²) in [6.45, 7) is 5.69. The maximum Gasteiger partial charge on any atom is 0.490 e. The number of benzene rings is 1. The number of rotatable bonds is 5. The number of carboxylic acids is 1. The van der Waals surface area contributed by atoms with E-state index in [4.69, 9.17) is 24.5 Å². The first-order chi connectivity index (χ1) is 16.3. The Labute approximate surface area is 194 Å². The van der Waals surface area contributed by atoms with Gasteiger partial charge in [0.15, 0.2) is 0 Å². The van der Waals surface area contributed by atoms with Gasteiger partial charge in [0, 0.05) is 17.8 Å². The van der Waals surface area contributed by atoms with E-state index in [1.54, 1.807) is 0 Å². The number of carboxylic acid groups (broad SMARTS) is 1. The van der Waals surface area contributed by atoms with E-state index in [-0.39, 0.29) is 0 Å². The molecule has 1 aliphatic heterocycles. The molecule has 2 aliphatic rings. The van der Waals surface area contributed by atoms with Crippen LogP contribution in [0, 0.1) is 5.92 Å². The summed E-state index contributed by atoms with van der Waals surface area (Å²) in [7, 11) is 0. The van der Waals surface area contributed by atoms with Gasteiger partial charge in [0.05, 0.1) is 11.2 Å². The molecule has 1 N–H and O–H groups in total. The van der Waals surface area contributed by atoms with Gasteiger partial charge in [-0.25, -0.2) is 4.79 Å². The van der Waals surface area contributed by atoms with Gasteiger partial charge >= 0.3 is 12.1 Å². The predicted octanol–water partition coefficient (Wildman–Crippen LogP) is 4.58. The number of fused-ring (bicyclic) bond motifs is 1. The summed E-state index contributed by atoms with van der Waals surface area (Å²) < 4.78 is 39.2. The first-order valence-electron chi connectivity index (χ1n) is 11.6. The molecule has 0 unspecified atom stereocenters. The van der Waals surface area contributed by atoms with Crippen LogP contribution in [0.1, 0.15) is 56.5 Å².